The second-order valence-corrected chi connectivity index (χ2v) is 10.6. The summed E-state index contributed by atoms with van der Waals surface area (Å²) in [6.07, 6.45) is 0.106. The van der Waals surface area contributed by atoms with Crippen molar-refractivity contribution in [2.75, 3.05) is 39.3 Å². The second kappa shape index (κ2) is 10.6. The van der Waals surface area contributed by atoms with Crippen molar-refractivity contribution in [2.45, 2.75) is 31.8 Å². The maximum absolute atomic E-state index is 13.3. The van der Waals surface area contributed by atoms with Crippen LogP contribution >= 0.6 is 0 Å². The van der Waals surface area contributed by atoms with Crippen molar-refractivity contribution in [3.63, 3.8) is 0 Å². The number of likely N-dealkylation sites (tertiary alicyclic amines) is 2. The van der Waals surface area contributed by atoms with Crippen LogP contribution in [0.5, 0.6) is 5.75 Å². The van der Waals surface area contributed by atoms with Crippen LogP contribution in [0.15, 0.2) is 36.8 Å². The summed E-state index contributed by atoms with van der Waals surface area (Å²) in [5.74, 6) is 0.398. The minimum Gasteiger partial charge on any atom is -0.406 e. The van der Waals surface area contributed by atoms with Crippen molar-refractivity contribution in [3.8, 4) is 5.75 Å². The van der Waals surface area contributed by atoms with E-state index in [-0.39, 0.29) is 48.4 Å². The van der Waals surface area contributed by atoms with E-state index in [0.29, 0.717) is 37.0 Å². The molecule has 1 aromatic carbocycles. The third kappa shape index (κ3) is 5.96. The Morgan fingerprint density at radius 3 is 2.66 bits per heavy atom. The van der Waals surface area contributed by atoms with Gasteiger partial charge >= 0.3 is 6.36 Å². The van der Waals surface area contributed by atoms with Crippen molar-refractivity contribution in [2.24, 2.45) is 24.8 Å². The molecule has 206 valence electrons. The average Bonchev–Trinajstić information content (AvgIpc) is 3.33. The summed E-state index contributed by atoms with van der Waals surface area (Å²) >= 11 is 0. The zero-order valence-electron chi connectivity index (χ0n) is 21.2. The van der Waals surface area contributed by atoms with E-state index in [4.69, 9.17) is 0 Å². The lowest BCUT2D eigenvalue weighted by molar-refractivity contribution is -0.274. The highest BCUT2D eigenvalue weighted by atomic mass is 19.4. The van der Waals surface area contributed by atoms with E-state index >= 15 is 0 Å². The molecule has 9 nitrogen and oxygen atoms in total. The average molecular weight is 536 g/mol. The first kappa shape index (κ1) is 26.5. The SMILES string of the molecule is Cn1cnc(C(=O)N(Cc2cccc(OC(F)(F)F)c2)CC2C3CN(CC(=O)N4CCCC4CO)CC32)c1. The number of alkyl halides is 3. The van der Waals surface area contributed by atoms with Gasteiger partial charge in [0.15, 0.2) is 0 Å². The molecule has 0 bridgehead atoms. The zero-order chi connectivity index (χ0) is 27.0. The third-order valence-electron chi connectivity index (χ3n) is 7.86. The Labute approximate surface area is 218 Å². The highest BCUT2D eigenvalue weighted by molar-refractivity contribution is 5.92. The molecule has 3 aliphatic rings. The fraction of sp³-hybridized carbons (Fsp3) is 0.577. The summed E-state index contributed by atoms with van der Waals surface area (Å²) in [4.78, 5) is 35.8. The maximum atomic E-state index is 13.3. The van der Waals surface area contributed by atoms with Gasteiger partial charge in [0.1, 0.15) is 11.4 Å². The van der Waals surface area contributed by atoms with E-state index in [2.05, 4.69) is 14.6 Å². The molecule has 0 radical (unpaired) electrons. The predicted octanol–water partition coefficient (Wildman–Crippen LogP) is 2.12. The number of fused-ring (bicyclic) bond motifs is 1. The molecule has 1 saturated carbocycles. The van der Waals surface area contributed by atoms with Gasteiger partial charge in [0, 0.05) is 46.0 Å². The summed E-state index contributed by atoms with van der Waals surface area (Å²) in [6.45, 7) is 3.12. The van der Waals surface area contributed by atoms with Gasteiger partial charge in [-0.15, -0.1) is 13.2 Å². The topological polar surface area (TPSA) is 91.1 Å². The number of aromatic nitrogens is 2. The Morgan fingerprint density at radius 2 is 2.00 bits per heavy atom. The number of hydrogen-bond acceptors (Lipinski definition) is 6. The number of benzene rings is 1. The molecule has 5 rings (SSSR count). The van der Waals surface area contributed by atoms with Crippen molar-refractivity contribution >= 4 is 11.8 Å². The number of ether oxygens (including phenoxy) is 1. The summed E-state index contributed by atoms with van der Waals surface area (Å²) in [5.41, 5.74) is 0.801. The largest absolute Gasteiger partial charge is 0.573 e. The number of carbonyl (C=O) groups is 2. The van der Waals surface area contributed by atoms with Gasteiger partial charge in [-0.05, 0) is 48.3 Å². The van der Waals surface area contributed by atoms with E-state index in [1.807, 2.05) is 0 Å². The molecule has 2 saturated heterocycles. The Bertz CT molecular complexity index is 1160. The molecule has 2 aromatic rings. The number of aryl methyl sites for hydroxylation is 1. The fourth-order valence-electron chi connectivity index (χ4n) is 5.99. The molecule has 1 N–H and O–H groups in total. The van der Waals surface area contributed by atoms with Crippen LogP contribution in [-0.4, -0.2) is 92.9 Å². The van der Waals surface area contributed by atoms with Crippen molar-refractivity contribution in [1.82, 2.24) is 24.3 Å². The molecule has 1 aliphatic carbocycles. The van der Waals surface area contributed by atoms with Crippen LogP contribution in [0.3, 0.4) is 0 Å². The normalized spacial score (nSPS) is 24.9. The lowest BCUT2D eigenvalue weighted by atomic mass is 10.1. The van der Waals surface area contributed by atoms with Crippen LogP contribution in [0.1, 0.15) is 28.9 Å². The summed E-state index contributed by atoms with van der Waals surface area (Å²) in [7, 11) is 1.76. The molecule has 1 aromatic heterocycles. The first-order valence-electron chi connectivity index (χ1n) is 12.9. The summed E-state index contributed by atoms with van der Waals surface area (Å²) in [6, 6.07) is 5.58. The molecule has 2 amide bonds. The molecule has 3 unspecified atom stereocenters. The third-order valence-corrected chi connectivity index (χ3v) is 7.86. The number of imidazole rings is 1. The van der Waals surface area contributed by atoms with Crippen LogP contribution in [0, 0.1) is 17.8 Å². The zero-order valence-corrected chi connectivity index (χ0v) is 21.2. The molecule has 38 heavy (non-hydrogen) atoms. The molecule has 12 heteroatoms. The van der Waals surface area contributed by atoms with E-state index in [1.54, 1.807) is 33.7 Å². The van der Waals surface area contributed by atoms with Crippen molar-refractivity contribution < 1.29 is 32.6 Å². The molecule has 3 atom stereocenters. The number of halogens is 3. The van der Waals surface area contributed by atoms with Gasteiger partial charge in [0.25, 0.3) is 5.91 Å². The highest BCUT2D eigenvalue weighted by Gasteiger charge is 2.56. The van der Waals surface area contributed by atoms with Gasteiger partial charge in [-0.3, -0.25) is 14.5 Å². The first-order valence-corrected chi connectivity index (χ1v) is 12.9. The number of amides is 2. The van der Waals surface area contributed by atoms with Crippen molar-refractivity contribution in [1.29, 1.82) is 0 Å². The number of aliphatic hydroxyl groups is 1. The number of rotatable bonds is 9. The van der Waals surface area contributed by atoms with Gasteiger partial charge in [-0.1, -0.05) is 12.1 Å². The van der Waals surface area contributed by atoms with E-state index in [9.17, 15) is 27.9 Å². The second-order valence-electron chi connectivity index (χ2n) is 10.6. The maximum Gasteiger partial charge on any atom is 0.573 e. The van der Waals surface area contributed by atoms with Gasteiger partial charge in [-0.25, -0.2) is 4.98 Å². The van der Waals surface area contributed by atoms with Gasteiger partial charge in [0.2, 0.25) is 5.91 Å². The first-order chi connectivity index (χ1) is 18.1. The highest BCUT2D eigenvalue weighted by Crippen LogP contribution is 2.52. The lowest BCUT2D eigenvalue weighted by Gasteiger charge is -2.28. The van der Waals surface area contributed by atoms with Crippen LogP contribution in [0.2, 0.25) is 0 Å². The monoisotopic (exact) mass is 535 g/mol. The van der Waals surface area contributed by atoms with Crippen LogP contribution in [-0.2, 0) is 18.4 Å². The molecule has 0 spiro atoms. The molecule has 3 heterocycles. The predicted molar refractivity (Wildman–Crippen MR) is 130 cm³/mol. The Balaban J connectivity index is 1.22. The van der Waals surface area contributed by atoms with E-state index in [1.165, 1.54) is 24.5 Å². The molecular weight excluding hydrogens is 503 g/mol. The fourth-order valence-corrected chi connectivity index (χ4v) is 5.99. The molecule has 2 aliphatic heterocycles. The van der Waals surface area contributed by atoms with Gasteiger partial charge in [0.05, 0.1) is 25.5 Å². The Kier molecular flexibility index (Phi) is 7.36. The van der Waals surface area contributed by atoms with Gasteiger partial charge in [-0.2, -0.15) is 0 Å². The molecule has 3 fully saturated rings. The number of nitrogens with zero attached hydrogens (tertiary/aromatic N) is 5. The quantitative estimate of drug-likeness (QED) is 0.529. The smallest absolute Gasteiger partial charge is 0.406 e. The Hall–Kier alpha value is -3.12. The van der Waals surface area contributed by atoms with E-state index < -0.39 is 6.36 Å². The number of aliphatic hydroxyl groups excluding tert-OH is 1. The summed E-state index contributed by atoms with van der Waals surface area (Å²) in [5, 5.41) is 9.51. The van der Waals surface area contributed by atoms with Crippen molar-refractivity contribution in [3.05, 3.63) is 48.0 Å². The minimum atomic E-state index is -4.80. The van der Waals surface area contributed by atoms with Crippen LogP contribution in [0.4, 0.5) is 13.2 Å². The van der Waals surface area contributed by atoms with E-state index in [0.717, 1.165) is 25.9 Å². The van der Waals surface area contributed by atoms with Gasteiger partial charge < -0.3 is 24.2 Å². The lowest BCUT2D eigenvalue weighted by Crippen LogP contribution is -2.44. The Morgan fingerprint density at radius 1 is 1.24 bits per heavy atom. The molecular formula is C26H32F3N5O4. The van der Waals surface area contributed by atoms with Crippen LogP contribution < -0.4 is 4.74 Å². The number of hydrogen-bond donors (Lipinski definition) is 1. The number of piperidine rings is 1. The minimum absolute atomic E-state index is 0.00949. The standard InChI is InChI=1S/C26H32F3N5O4/c1-31-13-23(30-16-31)25(37)33(9-17-4-2-6-19(8-17)38-26(27,28)29)12-22-20-10-32(11-21(20)22)14-24(36)34-7-3-5-18(34)15-35/h2,4,6,8,13,16,18,20-22,35H,3,5,7,9-12,14-15H2,1H3. The number of carbonyl (C=O) groups excluding carboxylic acids is 2. The summed E-state index contributed by atoms with van der Waals surface area (Å²) < 4.78 is 43.8. The van der Waals surface area contributed by atoms with Crippen LogP contribution in [0.25, 0.3) is 0 Å².